The van der Waals surface area contributed by atoms with Gasteiger partial charge in [0.05, 0.1) is 17.8 Å². The topological polar surface area (TPSA) is 38.3 Å². The van der Waals surface area contributed by atoms with Crippen LogP contribution in [0.1, 0.15) is 32.1 Å². The predicted octanol–water partition coefficient (Wildman–Crippen LogP) is 3.87. The molecule has 1 amide bonds. The Morgan fingerprint density at radius 1 is 1.33 bits per heavy atom. The largest absolute Gasteiger partial charge is 0.497 e. The van der Waals surface area contributed by atoms with Crippen molar-refractivity contribution in [3.05, 3.63) is 23.2 Å². The van der Waals surface area contributed by atoms with E-state index in [0.29, 0.717) is 16.5 Å². The number of methoxy groups -OCH3 is 1. The number of anilines is 1. The highest BCUT2D eigenvalue weighted by Crippen LogP contribution is 2.29. The fourth-order valence-corrected chi connectivity index (χ4v) is 2.54. The Kier molecular flexibility index (Phi) is 4.48. The van der Waals surface area contributed by atoms with E-state index in [1.165, 1.54) is 6.42 Å². The first-order valence-electron chi connectivity index (χ1n) is 6.35. The number of halogens is 1. The average Bonchev–Trinajstić information content (AvgIpc) is 2.42. The summed E-state index contributed by atoms with van der Waals surface area (Å²) in [5, 5.41) is 3.42. The van der Waals surface area contributed by atoms with Crippen molar-refractivity contribution in [2.45, 2.75) is 32.1 Å². The van der Waals surface area contributed by atoms with E-state index >= 15 is 0 Å². The minimum atomic E-state index is 0.0850. The Bertz CT molecular complexity index is 428. The highest BCUT2D eigenvalue weighted by molar-refractivity contribution is 6.33. The smallest absolute Gasteiger partial charge is 0.227 e. The third kappa shape index (κ3) is 3.16. The van der Waals surface area contributed by atoms with Crippen LogP contribution in [0.2, 0.25) is 5.02 Å². The van der Waals surface area contributed by atoms with Crippen molar-refractivity contribution in [3.63, 3.8) is 0 Å². The van der Waals surface area contributed by atoms with Crippen LogP contribution >= 0.6 is 11.6 Å². The van der Waals surface area contributed by atoms with Gasteiger partial charge in [-0.25, -0.2) is 0 Å². The van der Waals surface area contributed by atoms with Crippen LogP contribution in [0.5, 0.6) is 5.75 Å². The normalized spacial score (nSPS) is 16.3. The fourth-order valence-electron chi connectivity index (χ4n) is 2.32. The predicted molar refractivity (Wildman–Crippen MR) is 73.2 cm³/mol. The molecule has 0 saturated heterocycles. The van der Waals surface area contributed by atoms with Gasteiger partial charge in [0.1, 0.15) is 5.75 Å². The number of hydrogen-bond acceptors (Lipinski definition) is 2. The first-order chi connectivity index (χ1) is 8.70. The van der Waals surface area contributed by atoms with E-state index in [0.717, 1.165) is 25.7 Å². The molecule has 0 aliphatic heterocycles. The SMILES string of the molecule is COc1ccc(NC(=O)C2CCCCC2)c(Cl)c1. The van der Waals surface area contributed by atoms with Gasteiger partial charge in [-0.3, -0.25) is 4.79 Å². The zero-order valence-corrected chi connectivity index (χ0v) is 11.3. The van der Waals surface area contributed by atoms with Gasteiger partial charge in [0.2, 0.25) is 5.91 Å². The molecule has 1 fully saturated rings. The molecule has 0 bridgehead atoms. The van der Waals surface area contributed by atoms with Gasteiger partial charge in [-0.15, -0.1) is 0 Å². The summed E-state index contributed by atoms with van der Waals surface area (Å²) in [5.41, 5.74) is 0.660. The summed E-state index contributed by atoms with van der Waals surface area (Å²) in [4.78, 5) is 12.1. The molecule has 1 aliphatic rings. The number of carbonyl (C=O) groups is 1. The fraction of sp³-hybridized carbons (Fsp3) is 0.500. The summed E-state index contributed by atoms with van der Waals surface area (Å²) in [6.07, 6.45) is 5.51. The number of nitrogens with one attached hydrogen (secondary N) is 1. The van der Waals surface area contributed by atoms with E-state index in [1.54, 1.807) is 25.3 Å². The summed E-state index contributed by atoms with van der Waals surface area (Å²) < 4.78 is 5.07. The molecule has 18 heavy (non-hydrogen) atoms. The lowest BCUT2D eigenvalue weighted by atomic mass is 9.88. The molecule has 1 N–H and O–H groups in total. The monoisotopic (exact) mass is 267 g/mol. The Morgan fingerprint density at radius 2 is 2.06 bits per heavy atom. The maximum atomic E-state index is 12.1. The van der Waals surface area contributed by atoms with Crippen LogP contribution in [-0.2, 0) is 4.79 Å². The number of ether oxygens (including phenoxy) is 1. The summed E-state index contributed by atoms with van der Waals surface area (Å²) >= 11 is 6.10. The second kappa shape index (κ2) is 6.10. The van der Waals surface area contributed by atoms with E-state index < -0.39 is 0 Å². The molecule has 3 nitrogen and oxygen atoms in total. The molecular weight excluding hydrogens is 250 g/mol. The Hall–Kier alpha value is -1.22. The van der Waals surface area contributed by atoms with E-state index in [1.807, 2.05) is 0 Å². The molecule has 1 aliphatic carbocycles. The molecule has 1 aromatic rings. The number of carbonyl (C=O) groups excluding carboxylic acids is 1. The van der Waals surface area contributed by atoms with Crippen LogP contribution < -0.4 is 10.1 Å². The highest BCUT2D eigenvalue weighted by Gasteiger charge is 2.21. The quantitative estimate of drug-likeness (QED) is 0.903. The third-order valence-corrected chi connectivity index (χ3v) is 3.72. The van der Waals surface area contributed by atoms with Crippen molar-refractivity contribution in [1.82, 2.24) is 0 Å². The summed E-state index contributed by atoms with van der Waals surface area (Å²) in [5.74, 6) is 0.911. The molecule has 0 unspecified atom stereocenters. The van der Waals surface area contributed by atoms with Gasteiger partial charge >= 0.3 is 0 Å². The van der Waals surface area contributed by atoms with Crippen LogP contribution in [-0.4, -0.2) is 13.0 Å². The van der Waals surface area contributed by atoms with Gasteiger partial charge in [0, 0.05) is 12.0 Å². The van der Waals surface area contributed by atoms with Crippen LogP contribution in [0.25, 0.3) is 0 Å². The molecule has 2 rings (SSSR count). The lowest BCUT2D eigenvalue weighted by Crippen LogP contribution is -2.24. The number of hydrogen-bond donors (Lipinski definition) is 1. The minimum absolute atomic E-state index is 0.0850. The maximum Gasteiger partial charge on any atom is 0.227 e. The van der Waals surface area contributed by atoms with Crippen molar-refractivity contribution in [3.8, 4) is 5.75 Å². The molecule has 0 atom stereocenters. The van der Waals surface area contributed by atoms with Gasteiger partial charge in [0.25, 0.3) is 0 Å². The van der Waals surface area contributed by atoms with Gasteiger partial charge in [-0.1, -0.05) is 30.9 Å². The molecule has 98 valence electrons. The Labute approximate surface area is 112 Å². The van der Waals surface area contributed by atoms with Crippen LogP contribution in [0.15, 0.2) is 18.2 Å². The van der Waals surface area contributed by atoms with Gasteiger partial charge in [-0.2, -0.15) is 0 Å². The molecule has 0 aromatic heterocycles. The van der Waals surface area contributed by atoms with Crippen LogP contribution in [0, 0.1) is 5.92 Å². The van der Waals surface area contributed by atoms with Crippen molar-refractivity contribution in [2.24, 2.45) is 5.92 Å². The van der Waals surface area contributed by atoms with Crippen molar-refractivity contribution >= 4 is 23.2 Å². The van der Waals surface area contributed by atoms with Gasteiger partial charge in [0.15, 0.2) is 0 Å². The maximum absolute atomic E-state index is 12.1. The lowest BCUT2D eigenvalue weighted by molar-refractivity contribution is -0.120. The Morgan fingerprint density at radius 3 is 2.67 bits per heavy atom. The molecular formula is C14H18ClNO2. The highest BCUT2D eigenvalue weighted by atomic mass is 35.5. The summed E-state index contributed by atoms with van der Waals surface area (Å²) in [6.45, 7) is 0. The van der Waals surface area contributed by atoms with Crippen molar-refractivity contribution in [1.29, 1.82) is 0 Å². The van der Waals surface area contributed by atoms with Crippen molar-refractivity contribution in [2.75, 3.05) is 12.4 Å². The van der Waals surface area contributed by atoms with Gasteiger partial charge < -0.3 is 10.1 Å². The molecule has 1 aromatic carbocycles. The van der Waals surface area contributed by atoms with Gasteiger partial charge in [-0.05, 0) is 25.0 Å². The molecule has 0 radical (unpaired) electrons. The summed E-state index contributed by atoms with van der Waals surface area (Å²) in [7, 11) is 1.59. The number of amides is 1. The second-order valence-electron chi connectivity index (χ2n) is 4.67. The lowest BCUT2D eigenvalue weighted by Gasteiger charge is -2.21. The minimum Gasteiger partial charge on any atom is -0.497 e. The summed E-state index contributed by atoms with van der Waals surface area (Å²) in [6, 6.07) is 5.28. The number of benzene rings is 1. The molecule has 4 heteroatoms. The number of rotatable bonds is 3. The van der Waals surface area contributed by atoms with Crippen LogP contribution in [0.3, 0.4) is 0 Å². The first-order valence-corrected chi connectivity index (χ1v) is 6.73. The standard InChI is InChI=1S/C14H18ClNO2/c1-18-11-7-8-13(12(15)9-11)16-14(17)10-5-3-2-4-6-10/h7-10H,2-6H2,1H3,(H,16,17). The average molecular weight is 268 g/mol. The molecule has 0 spiro atoms. The zero-order valence-electron chi connectivity index (χ0n) is 10.5. The Balaban J connectivity index is 2.02. The zero-order chi connectivity index (χ0) is 13.0. The first kappa shape index (κ1) is 13.2. The third-order valence-electron chi connectivity index (χ3n) is 3.41. The second-order valence-corrected chi connectivity index (χ2v) is 5.08. The van der Waals surface area contributed by atoms with E-state index in [4.69, 9.17) is 16.3 Å². The van der Waals surface area contributed by atoms with Crippen LogP contribution in [0.4, 0.5) is 5.69 Å². The van der Waals surface area contributed by atoms with E-state index in [2.05, 4.69) is 5.32 Å². The van der Waals surface area contributed by atoms with E-state index in [9.17, 15) is 4.79 Å². The molecule has 1 saturated carbocycles. The van der Waals surface area contributed by atoms with Crippen molar-refractivity contribution < 1.29 is 9.53 Å². The van der Waals surface area contributed by atoms with E-state index in [-0.39, 0.29) is 11.8 Å². The molecule has 0 heterocycles.